The molecule has 0 aliphatic rings. The van der Waals surface area contributed by atoms with Gasteiger partial charge in [-0.05, 0) is 19.8 Å². The molecule has 94 valence electrons. The number of carboxylic acids is 1. The van der Waals surface area contributed by atoms with Crippen LogP contribution in [0.5, 0.6) is 0 Å². The Morgan fingerprint density at radius 2 is 2.12 bits per heavy atom. The first kappa shape index (κ1) is 15.4. The minimum absolute atomic E-state index is 0.204. The second-order valence-corrected chi connectivity index (χ2v) is 5.31. The minimum atomic E-state index is -0.680. The molecule has 16 heavy (non-hydrogen) atoms. The predicted molar refractivity (Wildman–Crippen MR) is 70.7 cm³/mol. The van der Waals surface area contributed by atoms with Gasteiger partial charge in [-0.3, -0.25) is 4.79 Å². The van der Waals surface area contributed by atoms with Gasteiger partial charge in [0.15, 0.2) is 0 Å². The van der Waals surface area contributed by atoms with Crippen molar-refractivity contribution in [2.75, 3.05) is 18.1 Å². The van der Waals surface area contributed by atoms with Crippen molar-refractivity contribution in [2.45, 2.75) is 27.7 Å². The van der Waals surface area contributed by atoms with E-state index in [0.29, 0.717) is 5.75 Å². The van der Waals surface area contributed by atoms with Crippen LogP contribution >= 0.6 is 11.8 Å². The molecule has 0 aliphatic heterocycles. The smallest absolute Gasteiger partial charge is 0.307 e. The highest BCUT2D eigenvalue weighted by molar-refractivity contribution is 7.99. The molecule has 0 bridgehead atoms. The molecule has 0 aliphatic carbocycles. The molecule has 0 aromatic rings. The van der Waals surface area contributed by atoms with Gasteiger partial charge in [-0.1, -0.05) is 19.9 Å². The van der Waals surface area contributed by atoms with Crippen LogP contribution in [-0.4, -0.2) is 29.1 Å². The molecule has 0 radical (unpaired) electrons. The number of carboxylic acid groups (broad SMARTS) is 1. The van der Waals surface area contributed by atoms with Gasteiger partial charge in [0.1, 0.15) is 0 Å². The summed E-state index contributed by atoms with van der Waals surface area (Å²) in [6.45, 7) is 8.84. The van der Waals surface area contributed by atoms with Crippen LogP contribution in [0.15, 0.2) is 11.8 Å². The van der Waals surface area contributed by atoms with E-state index in [0.717, 1.165) is 12.3 Å². The van der Waals surface area contributed by atoms with Crippen molar-refractivity contribution in [2.24, 2.45) is 11.8 Å². The molecule has 0 aromatic carbocycles. The number of nitrogens with one attached hydrogen (secondary N) is 1. The molecule has 0 fully saturated rings. The van der Waals surface area contributed by atoms with Gasteiger partial charge in [-0.25, -0.2) is 0 Å². The van der Waals surface area contributed by atoms with E-state index < -0.39 is 5.97 Å². The molecule has 0 aromatic heterocycles. The fourth-order valence-corrected chi connectivity index (χ4v) is 2.38. The van der Waals surface area contributed by atoms with Gasteiger partial charge >= 0.3 is 5.97 Å². The molecule has 1 unspecified atom stereocenters. The van der Waals surface area contributed by atoms with Crippen LogP contribution in [0.3, 0.4) is 0 Å². The Balaban J connectivity index is 3.67. The summed E-state index contributed by atoms with van der Waals surface area (Å²) in [5.41, 5.74) is 1.17. The highest BCUT2D eigenvalue weighted by atomic mass is 32.2. The van der Waals surface area contributed by atoms with E-state index in [1.54, 1.807) is 11.8 Å². The molecular formula is C12H23NO2S. The molecule has 2 N–H and O–H groups in total. The fraction of sp³-hybridized carbons (Fsp3) is 0.750. The van der Waals surface area contributed by atoms with Gasteiger partial charge in [0.05, 0.1) is 5.92 Å². The monoisotopic (exact) mass is 245 g/mol. The molecule has 0 amide bonds. The zero-order valence-electron chi connectivity index (χ0n) is 10.6. The van der Waals surface area contributed by atoms with E-state index in [1.807, 2.05) is 33.8 Å². The molecule has 4 heteroatoms. The van der Waals surface area contributed by atoms with Crippen molar-refractivity contribution >= 4 is 17.7 Å². The summed E-state index contributed by atoms with van der Waals surface area (Å²) < 4.78 is 0. The summed E-state index contributed by atoms with van der Waals surface area (Å²) in [4.78, 5) is 10.9. The third kappa shape index (κ3) is 6.77. The average molecular weight is 245 g/mol. The maximum Gasteiger partial charge on any atom is 0.307 e. The zero-order valence-corrected chi connectivity index (χ0v) is 11.4. The van der Waals surface area contributed by atoms with Crippen molar-refractivity contribution in [1.29, 1.82) is 0 Å². The Morgan fingerprint density at radius 3 is 2.56 bits per heavy atom. The van der Waals surface area contributed by atoms with Crippen molar-refractivity contribution in [1.82, 2.24) is 5.32 Å². The van der Waals surface area contributed by atoms with Gasteiger partial charge in [0, 0.05) is 23.7 Å². The summed E-state index contributed by atoms with van der Waals surface area (Å²) in [7, 11) is 0. The van der Waals surface area contributed by atoms with E-state index in [4.69, 9.17) is 5.11 Å². The highest BCUT2D eigenvalue weighted by Gasteiger charge is 2.20. The van der Waals surface area contributed by atoms with Gasteiger partial charge in [-0.2, -0.15) is 11.8 Å². The van der Waals surface area contributed by atoms with Crippen LogP contribution in [0.25, 0.3) is 0 Å². The number of thioether (sulfide) groups is 1. The van der Waals surface area contributed by atoms with E-state index in [9.17, 15) is 4.79 Å². The van der Waals surface area contributed by atoms with Gasteiger partial charge in [-0.15, -0.1) is 0 Å². The van der Waals surface area contributed by atoms with Crippen LogP contribution < -0.4 is 5.32 Å². The lowest BCUT2D eigenvalue weighted by Gasteiger charge is -2.15. The van der Waals surface area contributed by atoms with Gasteiger partial charge < -0.3 is 10.4 Å². The Morgan fingerprint density at radius 1 is 1.50 bits per heavy atom. The normalized spacial score (nSPS) is 13.9. The van der Waals surface area contributed by atoms with Crippen molar-refractivity contribution < 1.29 is 9.90 Å². The fourth-order valence-electron chi connectivity index (χ4n) is 1.18. The van der Waals surface area contributed by atoms with Gasteiger partial charge in [0.25, 0.3) is 0 Å². The van der Waals surface area contributed by atoms with Crippen LogP contribution in [-0.2, 0) is 4.79 Å². The third-order valence-electron chi connectivity index (χ3n) is 2.50. The van der Waals surface area contributed by atoms with Crippen molar-refractivity contribution in [3.8, 4) is 0 Å². The summed E-state index contributed by atoms with van der Waals surface area (Å²) in [6, 6.07) is 0. The minimum Gasteiger partial charge on any atom is -0.481 e. The Bertz CT molecular complexity index is 239. The molecule has 0 saturated heterocycles. The number of rotatable bonds is 8. The zero-order chi connectivity index (χ0) is 12.6. The first-order chi connectivity index (χ1) is 7.49. The van der Waals surface area contributed by atoms with Crippen molar-refractivity contribution in [3.63, 3.8) is 0 Å². The van der Waals surface area contributed by atoms with E-state index >= 15 is 0 Å². The molecule has 3 nitrogen and oxygen atoms in total. The Kier molecular flexibility index (Phi) is 8.16. The third-order valence-corrected chi connectivity index (χ3v) is 3.59. The molecule has 0 rings (SSSR count). The first-order valence-corrected chi connectivity index (χ1v) is 6.81. The van der Waals surface area contributed by atoms with E-state index in [2.05, 4.69) is 5.32 Å². The van der Waals surface area contributed by atoms with Crippen LogP contribution in [0.4, 0.5) is 0 Å². The van der Waals surface area contributed by atoms with Crippen LogP contribution in [0.2, 0.25) is 0 Å². The lowest BCUT2D eigenvalue weighted by Crippen LogP contribution is -2.23. The summed E-state index contributed by atoms with van der Waals surface area (Å²) in [6.07, 6.45) is 2.03. The van der Waals surface area contributed by atoms with Crippen LogP contribution in [0, 0.1) is 11.8 Å². The number of allylic oxidation sites excluding steroid dienone is 2. The number of hydrogen-bond acceptors (Lipinski definition) is 3. The maximum atomic E-state index is 10.9. The molecule has 1 atom stereocenters. The topological polar surface area (TPSA) is 49.3 Å². The number of aliphatic carboxylic acids is 1. The Labute approximate surface area is 103 Å². The lowest BCUT2D eigenvalue weighted by atomic mass is 9.98. The summed E-state index contributed by atoms with van der Waals surface area (Å²) in [5.74, 6) is 0.939. The summed E-state index contributed by atoms with van der Waals surface area (Å²) in [5, 5.41) is 12.2. The lowest BCUT2D eigenvalue weighted by molar-refractivity contribution is -0.142. The second-order valence-electron chi connectivity index (χ2n) is 4.16. The Hall–Kier alpha value is -0.640. The number of carbonyl (C=O) groups is 1. The standard InChI is InChI=1S/C12H23NO2S/c1-5-10(4)13-6-7-16-8-11(9(2)3)12(14)15/h5,9,11,13H,6-8H2,1-4H3,(H,14,15)/b10-5-. The molecule has 0 spiro atoms. The summed E-state index contributed by atoms with van der Waals surface area (Å²) >= 11 is 1.70. The van der Waals surface area contributed by atoms with Crippen LogP contribution in [0.1, 0.15) is 27.7 Å². The van der Waals surface area contributed by atoms with E-state index in [-0.39, 0.29) is 11.8 Å². The SMILES string of the molecule is C/C=C(/C)NCCSCC(C(=O)O)C(C)C. The largest absolute Gasteiger partial charge is 0.481 e. The maximum absolute atomic E-state index is 10.9. The van der Waals surface area contributed by atoms with Gasteiger partial charge in [0.2, 0.25) is 0 Å². The quantitative estimate of drug-likeness (QED) is 0.645. The first-order valence-electron chi connectivity index (χ1n) is 5.66. The second kappa shape index (κ2) is 8.50. The van der Waals surface area contributed by atoms with E-state index in [1.165, 1.54) is 5.70 Å². The predicted octanol–water partition coefficient (Wildman–Crippen LogP) is 2.59. The highest BCUT2D eigenvalue weighted by Crippen LogP contribution is 2.17. The molecule has 0 saturated carbocycles. The molecule has 0 heterocycles. The molecular weight excluding hydrogens is 222 g/mol. The number of hydrogen-bond donors (Lipinski definition) is 2. The van der Waals surface area contributed by atoms with Crippen molar-refractivity contribution in [3.05, 3.63) is 11.8 Å². The average Bonchev–Trinajstić information content (AvgIpc) is 2.21.